The molecule has 1 atom stereocenters. The maximum absolute atomic E-state index is 12.5. The van der Waals surface area contributed by atoms with Crippen molar-refractivity contribution in [3.05, 3.63) is 84.8 Å². The van der Waals surface area contributed by atoms with Crippen molar-refractivity contribution in [3.63, 3.8) is 0 Å². The van der Waals surface area contributed by atoms with Gasteiger partial charge >= 0.3 is 0 Å². The molecule has 1 N–H and O–H groups in total. The lowest BCUT2D eigenvalue weighted by molar-refractivity contribution is -0.121. The van der Waals surface area contributed by atoms with Gasteiger partial charge in [0.2, 0.25) is 5.91 Å². The number of pyridine rings is 2. The predicted octanol–water partition coefficient (Wildman–Crippen LogP) is 4.41. The molecule has 146 valence electrons. The fourth-order valence-electron chi connectivity index (χ4n) is 3.54. The Bertz CT molecular complexity index is 1090. The Morgan fingerprint density at radius 2 is 1.83 bits per heavy atom. The van der Waals surface area contributed by atoms with Crippen molar-refractivity contribution >= 4 is 16.9 Å². The molecule has 4 rings (SSSR count). The van der Waals surface area contributed by atoms with Gasteiger partial charge in [-0.1, -0.05) is 37.3 Å². The SMILES string of the molecule is C[C@@H](CNC(=O)CCn1c(-c2ccncc2)cc2cccnc21)c1ccccc1. The van der Waals surface area contributed by atoms with E-state index in [2.05, 4.69) is 45.0 Å². The van der Waals surface area contributed by atoms with Crippen LogP contribution in [0.5, 0.6) is 0 Å². The number of nitrogens with one attached hydrogen (secondary N) is 1. The van der Waals surface area contributed by atoms with E-state index in [9.17, 15) is 4.79 Å². The molecule has 0 aliphatic heterocycles. The van der Waals surface area contributed by atoms with E-state index >= 15 is 0 Å². The van der Waals surface area contributed by atoms with E-state index in [1.807, 2.05) is 42.5 Å². The first-order valence-corrected chi connectivity index (χ1v) is 9.88. The molecule has 5 nitrogen and oxygen atoms in total. The highest BCUT2D eigenvalue weighted by Gasteiger charge is 2.13. The van der Waals surface area contributed by atoms with Gasteiger partial charge in [-0.3, -0.25) is 9.78 Å². The molecule has 1 aromatic carbocycles. The summed E-state index contributed by atoms with van der Waals surface area (Å²) in [7, 11) is 0. The number of carbonyl (C=O) groups excluding carboxylic acids is 1. The Morgan fingerprint density at radius 3 is 2.62 bits per heavy atom. The number of fused-ring (bicyclic) bond motifs is 1. The summed E-state index contributed by atoms with van der Waals surface area (Å²) in [6.45, 7) is 3.33. The highest BCUT2D eigenvalue weighted by molar-refractivity contribution is 5.84. The minimum Gasteiger partial charge on any atom is -0.355 e. The zero-order valence-electron chi connectivity index (χ0n) is 16.5. The summed E-state index contributed by atoms with van der Waals surface area (Å²) in [5.74, 6) is 0.327. The van der Waals surface area contributed by atoms with Crippen molar-refractivity contribution < 1.29 is 4.79 Å². The Balaban J connectivity index is 1.46. The lowest BCUT2D eigenvalue weighted by Gasteiger charge is -2.14. The summed E-state index contributed by atoms with van der Waals surface area (Å²) in [6.07, 6.45) is 5.75. The Kier molecular flexibility index (Phi) is 5.66. The molecule has 0 aliphatic carbocycles. The zero-order valence-corrected chi connectivity index (χ0v) is 16.5. The number of rotatable bonds is 7. The van der Waals surface area contributed by atoms with Crippen molar-refractivity contribution in [1.82, 2.24) is 19.9 Å². The second kappa shape index (κ2) is 8.69. The molecule has 1 amide bonds. The monoisotopic (exact) mass is 384 g/mol. The molecule has 3 heterocycles. The van der Waals surface area contributed by atoms with Crippen LogP contribution in [0.1, 0.15) is 24.8 Å². The highest BCUT2D eigenvalue weighted by Crippen LogP contribution is 2.27. The number of benzene rings is 1. The molecule has 0 unspecified atom stereocenters. The molecular weight excluding hydrogens is 360 g/mol. The first-order chi connectivity index (χ1) is 14.2. The normalized spacial score (nSPS) is 12.0. The number of aryl methyl sites for hydroxylation is 1. The minimum atomic E-state index is 0.0474. The van der Waals surface area contributed by atoms with E-state index in [-0.39, 0.29) is 11.8 Å². The van der Waals surface area contributed by atoms with Gasteiger partial charge in [-0.25, -0.2) is 4.98 Å². The summed E-state index contributed by atoms with van der Waals surface area (Å²) in [4.78, 5) is 21.1. The Labute approximate surface area is 170 Å². The second-order valence-electron chi connectivity index (χ2n) is 7.20. The summed E-state index contributed by atoms with van der Waals surface area (Å²) in [5, 5.41) is 4.14. The first-order valence-electron chi connectivity index (χ1n) is 9.88. The van der Waals surface area contributed by atoms with E-state index in [1.54, 1.807) is 18.6 Å². The topological polar surface area (TPSA) is 59.8 Å². The molecule has 0 saturated carbocycles. The van der Waals surface area contributed by atoms with Gasteiger partial charge in [0.1, 0.15) is 5.65 Å². The fraction of sp³-hybridized carbons (Fsp3) is 0.208. The maximum atomic E-state index is 12.5. The third kappa shape index (κ3) is 4.35. The third-order valence-corrected chi connectivity index (χ3v) is 5.17. The molecule has 0 bridgehead atoms. The van der Waals surface area contributed by atoms with Gasteiger partial charge in [-0.2, -0.15) is 0 Å². The average molecular weight is 384 g/mol. The standard InChI is InChI=1S/C24H24N4O/c1-18(19-6-3-2-4-7-19)17-27-23(29)11-15-28-22(20-9-13-25-14-10-20)16-21-8-5-12-26-24(21)28/h2-10,12-14,16,18H,11,15,17H2,1H3,(H,27,29)/t18-/m0/s1. The molecule has 5 heteroatoms. The van der Waals surface area contributed by atoms with Gasteiger partial charge in [-0.15, -0.1) is 0 Å². The number of nitrogens with zero attached hydrogens (tertiary/aromatic N) is 3. The lowest BCUT2D eigenvalue weighted by atomic mass is 10.0. The molecule has 0 saturated heterocycles. The number of hydrogen-bond acceptors (Lipinski definition) is 3. The largest absolute Gasteiger partial charge is 0.355 e. The van der Waals surface area contributed by atoms with Crippen LogP contribution in [0.4, 0.5) is 0 Å². The van der Waals surface area contributed by atoms with Crippen LogP contribution in [0.15, 0.2) is 79.3 Å². The van der Waals surface area contributed by atoms with Crippen LogP contribution in [0.3, 0.4) is 0 Å². The smallest absolute Gasteiger partial charge is 0.221 e. The molecule has 29 heavy (non-hydrogen) atoms. The molecular formula is C24H24N4O. The molecule has 0 spiro atoms. The average Bonchev–Trinajstić information content (AvgIpc) is 3.16. The number of hydrogen-bond donors (Lipinski definition) is 1. The summed E-state index contributed by atoms with van der Waals surface area (Å²) >= 11 is 0. The van der Waals surface area contributed by atoms with E-state index in [4.69, 9.17) is 0 Å². The highest BCUT2D eigenvalue weighted by atomic mass is 16.1. The van der Waals surface area contributed by atoms with Gasteiger partial charge < -0.3 is 9.88 Å². The van der Waals surface area contributed by atoms with Gasteiger partial charge in [0, 0.05) is 49.1 Å². The Morgan fingerprint density at radius 1 is 1.03 bits per heavy atom. The minimum absolute atomic E-state index is 0.0474. The van der Waals surface area contributed by atoms with Crippen LogP contribution in [0, 0.1) is 0 Å². The summed E-state index contributed by atoms with van der Waals surface area (Å²) in [5.41, 5.74) is 4.24. The van der Waals surface area contributed by atoms with E-state index in [1.165, 1.54) is 5.56 Å². The van der Waals surface area contributed by atoms with Crippen LogP contribution < -0.4 is 5.32 Å². The van der Waals surface area contributed by atoms with Crippen LogP contribution in [0.2, 0.25) is 0 Å². The number of aromatic nitrogens is 3. The summed E-state index contributed by atoms with van der Waals surface area (Å²) < 4.78 is 2.12. The van der Waals surface area contributed by atoms with Crippen molar-refractivity contribution in [2.75, 3.05) is 6.54 Å². The van der Waals surface area contributed by atoms with Gasteiger partial charge in [0.25, 0.3) is 0 Å². The fourth-order valence-corrected chi connectivity index (χ4v) is 3.54. The van der Waals surface area contributed by atoms with Crippen molar-refractivity contribution in [1.29, 1.82) is 0 Å². The first kappa shape index (κ1) is 18.9. The molecule has 0 aliphatic rings. The van der Waals surface area contributed by atoms with Crippen molar-refractivity contribution in [3.8, 4) is 11.3 Å². The quantitative estimate of drug-likeness (QED) is 0.513. The zero-order chi connectivity index (χ0) is 20.1. The van der Waals surface area contributed by atoms with E-state index in [0.29, 0.717) is 19.5 Å². The predicted molar refractivity (Wildman–Crippen MR) is 115 cm³/mol. The molecule has 0 radical (unpaired) electrons. The van der Waals surface area contributed by atoms with Gasteiger partial charge in [-0.05, 0) is 41.8 Å². The Hall–Kier alpha value is -3.47. The van der Waals surface area contributed by atoms with Crippen LogP contribution >= 0.6 is 0 Å². The third-order valence-electron chi connectivity index (χ3n) is 5.17. The number of amides is 1. The molecule has 0 fully saturated rings. The van der Waals surface area contributed by atoms with Crippen LogP contribution in [-0.2, 0) is 11.3 Å². The number of carbonyl (C=O) groups is 1. The molecule has 4 aromatic rings. The van der Waals surface area contributed by atoms with Crippen LogP contribution in [-0.4, -0.2) is 27.0 Å². The second-order valence-corrected chi connectivity index (χ2v) is 7.20. The van der Waals surface area contributed by atoms with Crippen molar-refractivity contribution in [2.24, 2.45) is 0 Å². The van der Waals surface area contributed by atoms with Gasteiger partial charge in [0.05, 0.1) is 5.69 Å². The maximum Gasteiger partial charge on any atom is 0.221 e. The van der Waals surface area contributed by atoms with E-state index < -0.39 is 0 Å². The van der Waals surface area contributed by atoms with Crippen molar-refractivity contribution in [2.45, 2.75) is 25.8 Å². The van der Waals surface area contributed by atoms with Gasteiger partial charge in [0.15, 0.2) is 0 Å². The molecule has 3 aromatic heterocycles. The lowest BCUT2D eigenvalue weighted by Crippen LogP contribution is -2.28. The van der Waals surface area contributed by atoms with E-state index in [0.717, 1.165) is 22.3 Å². The summed E-state index contributed by atoms with van der Waals surface area (Å²) in [6, 6.07) is 20.3. The van der Waals surface area contributed by atoms with Crippen LogP contribution in [0.25, 0.3) is 22.3 Å².